The SMILES string of the molecule is CO[C@@H](C(=O)NC[C@H]1[C@@H]2CNC[C@@H](C2)[C@@H]2CCCC(=O)N21)c1ccccc1. The summed E-state index contributed by atoms with van der Waals surface area (Å²) < 4.78 is 5.44. The maximum atomic E-state index is 12.8. The molecule has 1 aromatic carbocycles. The lowest BCUT2D eigenvalue weighted by Gasteiger charge is -2.54. The van der Waals surface area contributed by atoms with Crippen molar-refractivity contribution in [2.24, 2.45) is 11.8 Å². The van der Waals surface area contributed by atoms with Gasteiger partial charge in [0.2, 0.25) is 5.91 Å². The van der Waals surface area contributed by atoms with E-state index in [4.69, 9.17) is 4.74 Å². The Hall–Kier alpha value is -1.92. The number of ether oxygens (including phenoxy) is 1. The molecule has 6 heteroatoms. The number of methoxy groups -OCH3 is 1. The van der Waals surface area contributed by atoms with Gasteiger partial charge in [-0.15, -0.1) is 0 Å². The third-order valence-corrected chi connectivity index (χ3v) is 6.46. The Morgan fingerprint density at radius 2 is 2.07 bits per heavy atom. The minimum atomic E-state index is -0.625. The molecule has 2 amide bonds. The molecule has 3 saturated heterocycles. The van der Waals surface area contributed by atoms with Gasteiger partial charge in [0.15, 0.2) is 6.10 Å². The maximum Gasteiger partial charge on any atom is 0.253 e. The van der Waals surface area contributed by atoms with Crippen LogP contribution in [0.1, 0.15) is 37.4 Å². The van der Waals surface area contributed by atoms with Gasteiger partial charge >= 0.3 is 0 Å². The van der Waals surface area contributed by atoms with Gasteiger partial charge in [-0.05, 0) is 43.2 Å². The molecular formula is C21H29N3O3. The normalized spacial score (nSPS) is 31.1. The average molecular weight is 371 g/mol. The standard InChI is InChI=1S/C21H29N3O3/c1-27-20(14-6-3-2-4-7-14)21(26)23-13-18-16-10-15(11-22-12-16)17-8-5-9-19(25)24(17)18/h2-4,6-7,15-18,20,22H,5,8-13H2,1H3,(H,23,26)/t15-,16+,17+,18+,20-/m1/s1. The molecule has 0 unspecified atom stereocenters. The third kappa shape index (κ3) is 3.60. The highest BCUT2D eigenvalue weighted by Gasteiger charge is 2.47. The third-order valence-electron chi connectivity index (χ3n) is 6.46. The van der Waals surface area contributed by atoms with Crippen LogP contribution in [0.25, 0.3) is 0 Å². The van der Waals surface area contributed by atoms with Gasteiger partial charge in [0, 0.05) is 32.7 Å². The topological polar surface area (TPSA) is 70.7 Å². The van der Waals surface area contributed by atoms with E-state index < -0.39 is 6.10 Å². The quantitative estimate of drug-likeness (QED) is 0.823. The summed E-state index contributed by atoms with van der Waals surface area (Å²) >= 11 is 0. The van der Waals surface area contributed by atoms with Crippen molar-refractivity contribution in [1.82, 2.24) is 15.5 Å². The van der Waals surface area contributed by atoms with Crippen LogP contribution in [0, 0.1) is 11.8 Å². The van der Waals surface area contributed by atoms with Gasteiger partial charge in [-0.2, -0.15) is 0 Å². The van der Waals surface area contributed by atoms with Crippen LogP contribution in [0.5, 0.6) is 0 Å². The van der Waals surface area contributed by atoms with Gasteiger partial charge in [0.25, 0.3) is 5.91 Å². The van der Waals surface area contributed by atoms with Crippen LogP contribution in [0.15, 0.2) is 30.3 Å². The molecule has 4 rings (SSSR count). The molecule has 3 heterocycles. The number of rotatable bonds is 5. The molecule has 1 aromatic rings. The second-order valence-electron chi connectivity index (χ2n) is 8.01. The van der Waals surface area contributed by atoms with Crippen molar-refractivity contribution in [3.63, 3.8) is 0 Å². The van der Waals surface area contributed by atoms with Crippen molar-refractivity contribution in [2.45, 2.75) is 43.9 Å². The Morgan fingerprint density at radius 3 is 2.85 bits per heavy atom. The van der Waals surface area contributed by atoms with E-state index in [0.29, 0.717) is 30.8 Å². The first-order chi connectivity index (χ1) is 13.2. The first-order valence-electron chi connectivity index (χ1n) is 10.1. The number of hydrogen-bond acceptors (Lipinski definition) is 4. The van der Waals surface area contributed by atoms with E-state index in [2.05, 4.69) is 15.5 Å². The second-order valence-corrected chi connectivity index (χ2v) is 8.01. The number of carbonyl (C=O) groups excluding carboxylic acids is 2. The van der Waals surface area contributed by atoms with Gasteiger partial charge < -0.3 is 20.3 Å². The number of amides is 2. The molecule has 3 aliphatic heterocycles. The molecule has 5 atom stereocenters. The Bertz CT molecular complexity index is 681. The molecule has 0 spiro atoms. The van der Waals surface area contributed by atoms with Crippen LogP contribution in [0.4, 0.5) is 0 Å². The number of hydrogen-bond donors (Lipinski definition) is 2. The zero-order valence-corrected chi connectivity index (χ0v) is 15.9. The fourth-order valence-electron chi connectivity index (χ4n) is 5.22. The second kappa shape index (κ2) is 7.98. The van der Waals surface area contributed by atoms with E-state index >= 15 is 0 Å². The maximum absolute atomic E-state index is 12.8. The summed E-state index contributed by atoms with van der Waals surface area (Å²) in [5, 5.41) is 6.61. The van der Waals surface area contributed by atoms with Crippen LogP contribution >= 0.6 is 0 Å². The monoisotopic (exact) mass is 371 g/mol. The van der Waals surface area contributed by atoms with Crippen molar-refractivity contribution in [3.8, 4) is 0 Å². The van der Waals surface area contributed by atoms with E-state index in [0.717, 1.165) is 37.9 Å². The van der Waals surface area contributed by atoms with E-state index in [1.165, 1.54) is 0 Å². The van der Waals surface area contributed by atoms with Gasteiger partial charge in [-0.25, -0.2) is 0 Å². The van der Waals surface area contributed by atoms with Crippen molar-refractivity contribution in [3.05, 3.63) is 35.9 Å². The van der Waals surface area contributed by atoms with Gasteiger partial charge in [-0.3, -0.25) is 9.59 Å². The zero-order chi connectivity index (χ0) is 18.8. The van der Waals surface area contributed by atoms with Crippen LogP contribution < -0.4 is 10.6 Å². The molecule has 3 fully saturated rings. The molecule has 6 nitrogen and oxygen atoms in total. The van der Waals surface area contributed by atoms with Crippen molar-refractivity contribution in [1.29, 1.82) is 0 Å². The van der Waals surface area contributed by atoms with Crippen molar-refractivity contribution < 1.29 is 14.3 Å². The summed E-state index contributed by atoms with van der Waals surface area (Å²) in [4.78, 5) is 27.6. The zero-order valence-electron chi connectivity index (χ0n) is 15.9. The molecule has 27 heavy (non-hydrogen) atoms. The molecule has 2 N–H and O–H groups in total. The smallest absolute Gasteiger partial charge is 0.253 e. The molecule has 0 aliphatic carbocycles. The Morgan fingerprint density at radius 1 is 1.30 bits per heavy atom. The van der Waals surface area contributed by atoms with Crippen molar-refractivity contribution in [2.75, 3.05) is 26.7 Å². The molecular weight excluding hydrogens is 342 g/mol. The summed E-state index contributed by atoms with van der Waals surface area (Å²) in [5.74, 6) is 1.07. The fraction of sp³-hybridized carbons (Fsp3) is 0.619. The van der Waals surface area contributed by atoms with Crippen LogP contribution in [-0.2, 0) is 14.3 Å². The van der Waals surface area contributed by atoms with E-state index in [1.807, 2.05) is 30.3 Å². The predicted octanol–water partition coefficient (Wildman–Crippen LogP) is 1.48. The average Bonchev–Trinajstić information content (AvgIpc) is 2.70. The lowest BCUT2D eigenvalue weighted by Crippen LogP contribution is -2.66. The van der Waals surface area contributed by atoms with E-state index in [9.17, 15) is 9.59 Å². The Kier molecular flexibility index (Phi) is 5.45. The Labute approximate surface area is 160 Å². The number of piperidine rings is 3. The first-order valence-corrected chi connectivity index (χ1v) is 10.1. The van der Waals surface area contributed by atoms with Gasteiger partial charge in [-0.1, -0.05) is 30.3 Å². The van der Waals surface area contributed by atoms with E-state index in [-0.39, 0.29) is 17.9 Å². The minimum Gasteiger partial charge on any atom is -0.367 e. The highest BCUT2D eigenvalue weighted by Crippen LogP contribution is 2.39. The number of nitrogens with zero attached hydrogens (tertiary/aromatic N) is 1. The molecule has 0 aromatic heterocycles. The van der Waals surface area contributed by atoms with Crippen LogP contribution in [0.2, 0.25) is 0 Å². The predicted molar refractivity (Wildman–Crippen MR) is 102 cm³/mol. The lowest BCUT2D eigenvalue weighted by molar-refractivity contribution is -0.150. The number of nitrogens with one attached hydrogen (secondary N) is 2. The summed E-state index contributed by atoms with van der Waals surface area (Å²) in [5.41, 5.74) is 0.840. The first kappa shape index (κ1) is 18.4. The summed E-state index contributed by atoms with van der Waals surface area (Å²) in [6.45, 7) is 2.41. The summed E-state index contributed by atoms with van der Waals surface area (Å²) in [7, 11) is 1.55. The van der Waals surface area contributed by atoms with Gasteiger partial charge in [0.05, 0.1) is 6.04 Å². The minimum absolute atomic E-state index is 0.0732. The Balaban J connectivity index is 1.47. The molecule has 2 bridgehead atoms. The molecule has 0 saturated carbocycles. The molecule has 3 aliphatic rings. The lowest BCUT2D eigenvalue weighted by atomic mass is 9.72. The van der Waals surface area contributed by atoms with Gasteiger partial charge in [0.1, 0.15) is 0 Å². The number of benzene rings is 1. The highest BCUT2D eigenvalue weighted by molar-refractivity contribution is 5.82. The molecule has 146 valence electrons. The fourth-order valence-corrected chi connectivity index (χ4v) is 5.22. The van der Waals surface area contributed by atoms with E-state index in [1.54, 1.807) is 7.11 Å². The van der Waals surface area contributed by atoms with Crippen LogP contribution in [0.3, 0.4) is 0 Å². The largest absolute Gasteiger partial charge is 0.367 e. The summed E-state index contributed by atoms with van der Waals surface area (Å²) in [6, 6.07) is 9.92. The van der Waals surface area contributed by atoms with Crippen LogP contribution in [-0.4, -0.2) is 55.5 Å². The van der Waals surface area contributed by atoms with Crippen molar-refractivity contribution >= 4 is 11.8 Å². The highest BCUT2D eigenvalue weighted by atomic mass is 16.5. The number of fused-ring (bicyclic) bond motifs is 4. The number of carbonyl (C=O) groups is 2. The molecule has 0 radical (unpaired) electrons. The summed E-state index contributed by atoms with van der Waals surface area (Å²) in [6.07, 6.45) is 3.23.